The lowest BCUT2D eigenvalue weighted by molar-refractivity contribution is -0.147. The Kier molecular flexibility index (Phi) is 5.76. The second-order valence-corrected chi connectivity index (χ2v) is 5.72. The largest absolute Gasteiger partial charge is 0.497 e. The van der Waals surface area contributed by atoms with Gasteiger partial charge in [-0.15, -0.1) is 0 Å². The van der Waals surface area contributed by atoms with Crippen LogP contribution in [0.15, 0.2) is 24.3 Å². The zero-order valence-electron chi connectivity index (χ0n) is 13.0. The molecular weight excluding hydrogens is 270 g/mol. The first-order chi connectivity index (χ1) is 9.77. The van der Waals surface area contributed by atoms with Crippen molar-refractivity contribution in [3.8, 4) is 5.75 Å². The summed E-state index contributed by atoms with van der Waals surface area (Å²) in [5, 5.41) is 11.8. The van der Waals surface area contributed by atoms with Crippen LogP contribution in [0.2, 0.25) is 0 Å². The number of hydrogen-bond donors (Lipinski definition) is 2. The van der Waals surface area contributed by atoms with Gasteiger partial charge >= 0.3 is 5.97 Å². The molecule has 1 unspecified atom stereocenters. The topological polar surface area (TPSA) is 75.6 Å². The molecule has 0 heterocycles. The van der Waals surface area contributed by atoms with E-state index in [0.29, 0.717) is 13.0 Å². The van der Waals surface area contributed by atoms with Crippen LogP contribution in [-0.4, -0.2) is 30.6 Å². The Labute approximate surface area is 125 Å². The first-order valence-corrected chi connectivity index (χ1v) is 6.93. The zero-order chi connectivity index (χ0) is 16.0. The summed E-state index contributed by atoms with van der Waals surface area (Å²) in [6, 6.07) is 7.33. The predicted molar refractivity (Wildman–Crippen MR) is 80.5 cm³/mol. The van der Waals surface area contributed by atoms with Crippen LogP contribution in [0.25, 0.3) is 0 Å². The van der Waals surface area contributed by atoms with Crippen LogP contribution in [0.3, 0.4) is 0 Å². The Bertz CT molecular complexity index is 494. The van der Waals surface area contributed by atoms with E-state index >= 15 is 0 Å². The summed E-state index contributed by atoms with van der Waals surface area (Å²) in [4.78, 5) is 23.1. The highest BCUT2D eigenvalue weighted by Crippen LogP contribution is 2.21. The molecule has 0 radical (unpaired) electrons. The van der Waals surface area contributed by atoms with Gasteiger partial charge in [-0.3, -0.25) is 9.59 Å². The molecule has 1 aromatic rings. The van der Waals surface area contributed by atoms with Gasteiger partial charge in [0.15, 0.2) is 0 Å². The quantitative estimate of drug-likeness (QED) is 0.809. The highest BCUT2D eigenvalue weighted by molar-refractivity contribution is 5.83. The van der Waals surface area contributed by atoms with Crippen molar-refractivity contribution in [2.75, 3.05) is 13.7 Å². The highest BCUT2D eigenvalue weighted by atomic mass is 16.5. The molecule has 2 N–H and O–H groups in total. The molecule has 0 spiro atoms. The molecule has 0 bridgehead atoms. The molecule has 0 saturated carbocycles. The zero-order valence-corrected chi connectivity index (χ0v) is 13.0. The van der Waals surface area contributed by atoms with Gasteiger partial charge < -0.3 is 15.2 Å². The number of methoxy groups -OCH3 is 1. The maximum Gasteiger partial charge on any atom is 0.309 e. The van der Waals surface area contributed by atoms with Crippen molar-refractivity contribution >= 4 is 11.9 Å². The summed E-state index contributed by atoms with van der Waals surface area (Å²) < 4.78 is 5.08. The smallest absolute Gasteiger partial charge is 0.309 e. The van der Waals surface area contributed by atoms with E-state index in [4.69, 9.17) is 9.84 Å². The lowest BCUT2D eigenvalue weighted by atomic mass is 9.89. The van der Waals surface area contributed by atoms with E-state index in [2.05, 4.69) is 5.32 Å². The predicted octanol–water partition coefficient (Wildman–Crippen LogP) is 2.42. The number of rotatable bonds is 7. The molecule has 0 fully saturated rings. The first-order valence-electron chi connectivity index (χ1n) is 6.93. The fourth-order valence-electron chi connectivity index (χ4n) is 1.80. The number of amides is 1. The number of carbonyl (C=O) groups excluding carboxylic acids is 1. The maximum atomic E-state index is 12.1. The standard InChI is InChI=1S/C16H23NO4/c1-11(12-5-7-13(21-4)8-6-12)14(18)17-10-9-16(2,3)15(19)20/h5-8,11H,9-10H2,1-4H3,(H,17,18)(H,19,20). The molecule has 1 atom stereocenters. The third-order valence-corrected chi connectivity index (χ3v) is 3.64. The maximum absolute atomic E-state index is 12.1. The van der Waals surface area contributed by atoms with Gasteiger partial charge in [0, 0.05) is 6.54 Å². The summed E-state index contributed by atoms with van der Waals surface area (Å²) in [5.74, 6) is -0.514. The number of ether oxygens (including phenoxy) is 1. The minimum Gasteiger partial charge on any atom is -0.497 e. The second kappa shape index (κ2) is 7.11. The van der Waals surface area contributed by atoms with Crippen LogP contribution in [0.4, 0.5) is 0 Å². The summed E-state index contributed by atoms with van der Waals surface area (Å²) in [6.45, 7) is 5.46. The molecule has 0 aliphatic heterocycles. The average Bonchev–Trinajstić information content (AvgIpc) is 2.46. The Hall–Kier alpha value is -2.04. The molecule has 0 saturated heterocycles. The number of benzene rings is 1. The third-order valence-electron chi connectivity index (χ3n) is 3.64. The van der Waals surface area contributed by atoms with Crippen molar-refractivity contribution < 1.29 is 19.4 Å². The van der Waals surface area contributed by atoms with E-state index in [-0.39, 0.29) is 11.8 Å². The van der Waals surface area contributed by atoms with Crippen molar-refractivity contribution in [1.29, 1.82) is 0 Å². The van der Waals surface area contributed by atoms with Gasteiger partial charge in [-0.1, -0.05) is 12.1 Å². The number of nitrogens with one attached hydrogen (secondary N) is 1. The minimum absolute atomic E-state index is 0.110. The molecule has 116 valence electrons. The number of carboxylic acids is 1. The lowest BCUT2D eigenvalue weighted by Gasteiger charge is -2.20. The first kappa shape index (κ1) is 17.0. The van der Waals surface area contributed by atoms with Crippen LogP contribution in [0.1, 0.15) is 38.7 Å². The van der Waals surface area contributed by atoms with Crippen molar-refractivity contribution in [1.82, 2.24) is 5.32 Å². The Morgan fingerprint density at radius 1 is 1.29 bits per heavy atom. The molecule has 5 nitrogen and oxygen atoms in total. The fraction of sp³-hybridized carbons (Fsp3) is 0.500. The molecular formula is C16H23NO4. The fourth-order valence-corrected chi connectivity index (χ4v) is 1.80. The molecule has 0 aliphatic carbocycles. The second-order valence-electron chi connectivity index (χ2n) is 5.72. The summed E-state index contributed by atoms with van der Waals surface area (Å²) >= 11 is 0. The number of carboxylic acid groups (broad SMARTS) is 1. The van der Waals surface area contributed by atoms with Gasteiger partial charge in [-0.2, -0.15) is 0 Å². The van der Waals surface area contributed by atoms with E-state index < -0.39 is 11.4 Å². The van der Waals surface area contributed by atoms with Crippen molar-refractivity contribution in [3.63, 3.8) is 0 Å². The number of carbonyl (C=O) groups is 2. The van der Waals surface area contributed by atoms with Crippen LogP contribution in [0.5, 0.6) is 5.75 Å². The SMILES string of the molecule is COc1ccc(C(C)C(=O)NCCC(C)(C)C(=O)O)cc1. The molecule has 1 aromatic carbocycles. The average molecular weight is 293 g/mol. The van der Waals surface area contributed by atoms with Crippen molar-refractivity contribution in [2.45, 2.75) is 33.1 Å². The summed E-state index contributed by atoms with van der Waals surface area (Å²) in [7, 11) is 1.59. The third kappa shape index (κ3) is 4.77. The normalized spacial score (nSPS) is 12.6. The van der Waals surface area contributed by atoms with Crippen molar-refractivity contribution in [3.05, 3.63) is 29.8 Å². The monoisotopic (exact) mass is 293 g/mol. The molecule has 1 amide bonds. The van der Waals surface area contributed by atoms with Gasteiger partial charge in [0.25, 0.3) is 0 Å². The Morgan fingerprint density at radius 2 is 1.86 bits per heavy atom. The molecule has 1 rings (SSSR count). The highest BCUT2D eigenvalue weighted by Gasteiger charge is 2.27. The lowest BCUT2D eigenvalue weighted by Crippen LogP contribution is -2.33. The van der Waals surface area contributed by atoms with E-state index in [1.807, 2.05) is 31.2 Å². The molecule has 0 aromatic heterocycles. The number of aliphatic carboxylic acids is 1. The van der Waals surface area contributed by atoms with Gasteiger partial charge in [0.1, 0.15) is 5.75 Å². The van der Waals surface area contributed by atoms with E-state index in [1.165, 1.54) is 0 Å². The minimum atomic E-state index is -0.861. The van der Waals surface area contributed by atoms with E-state index in [1.54, 1.807) is 21.0 Å². The van der Waals surface area contributed by atoms with E-state index in [9.17, 15) is 9.59 Å². The Balaban J connectivity index is 2.53. The van der Waals surface area contributed by atoms with Gasteiger partial charge in [0.2, 0.25) is 5.91 Å². The summed E-state index contributed by atoms with van der Waals surface area (Å²) in [5.41, 5.74) is 0.0576. The van der Waals surface area contributed by atoms with Gasteiger partial charge in [-0.25, -0.2) is 0 Å². The van der Waals surface area contributed by atoms with Gasteiger partial charge in [-0.05, 0) is 44.9 Å². The van der Waals surface area contributed by atoms with Crippen LogP contribution >= 0.6 is 0 Å². The van der Waals surface area contributed by atoms with Crippen LogP contribution < -0.4 is 10.1 Å². The number of hydrogen-bond acceptors (Lipinski definition) is 3. The summed E-state index contributed by atoms with van der Waals surface area (Å²) in [6.07, 6.45) is 0.392. The van der Waals surface area contributed by atoms with E-state index in [0.717, 1.165) is 11.3 Å². The van der Waals surface area contributed by atoms with Crippen molar-refractivity contribution in [2.24, 2.45) is 5.41 Å². The molecule has 5 heteroatoms. The Morgan fingerprint density at radius 3 is 2.33 bits per heavy atom. The molecule has 21 heavy (non-hydrogen) atoms. The molecule has 0 aliphatic rings. The van der Waals surface area contributed by atoms with Gasteiger partial charge in [0.05, 0.1) is 18.4 Å². The van der Waals surface area contributed by atoms with Crippen LogP contribution in [0, 0.1) is 5.41 Å². The van der Waals surface area contributed by atoms with Crippen LogP contribution in [-0.2, 0) is 9.59 Å².